The first kappa shape index (κ1) is 18.4. The van der Waals surface area contributed by atoms with E-state index in [1.807, 2.05) is 0 Å². The summed E-state index contributed by atoms with van der Waals surface area (Å²) in [4.78, 5) is 28.7. The van der Waals surface area contributed by atoms with Crippen LogP contribution in [0.15, 0.2) is 42.6 Å². The number of hydrogen-bond acceptors (Lipinski definition) is 4. The number of amides is 1. The molecular formula is C18H14F3N3O3. The van der Waals surface area contributed by atoms with Gasteiger partial charge in [0.15, 0.2) is 0 Å². The highest BCUT2D eigenvalue weighted by molar-refractivity contribution is 6.08. The van der Waals surface area contributed by atoms with Crippen molar-refractivity contribution >= 4 is 23.2 Å². The number of alkyl halides is 3. The topological polar surface area (TPSA) is 72.7 Å². The van der Waals surface area contributed by atoms with Crippen molar-refractivity contribution in [3.05, 3.63) is 65.1 Å². The Morgan fingerprint density at radius 3 is 2.52 bits per heavy atom. The number of fused-ring (bicyclic) bond motifs is 1. The fraction of sp³-hybridized carbons (Fsp3) is 0.167. The summed E-state index contributed by atoms with van der Waals surface area (Å²) in [7, 11) is 1.20. The van der Waals surface area contributed by atoms with E-state index in [2.05, 4.69) is 15.0 Å². The zero-order valence-electron chi connectivity index (χ0n) is 14.3. The van der Waals surface area contributed by atoms with E-state index in [0.29, 0.717) is 0 Å². The maximum atomic E-state index is 13.0. The van der Waals surface area contributed by atoms with E-state index in [9.17, 15) is 22.8 Å². The van der Waals surface area contributed by atoms with Crippen LogP contribution in [0.3, 0.4) is 0 Å². The van der Waals surface area contributed by atoms with E-state index in [1.54, 1.807) is 12.1 Å². The van der Waals surface area contributed by atoms with E-state index < -0.39 is 23.6 Å². The molecule has 27 heavy (non-hydrogen) atoms. The molecule has 0 radical (unpaired) electrons. The van der Waals surface area contributed by atoms with Crippen molar-refractivity contribution in [3.63, 3.8) is 0 Å². The summed E-state index contributed by atoms with van der Waals surface area (Å²) in [6, 6.07) is 8.24. The summed E-state index contributed by atoms with van der Waals surface area (Å²) in [5.41, 5.74) is -0.215. The number of nitrogens with zero attached hydrogens (tertiary/aromatic N) is 2. The molecule has 1 amide bonds. The van der Waals surface area contributed by atoms with Crippen LogP contribution in [0.1, 0.15) is 32.1 Å². The normalized spacial score (nSPS) is 11.4. The van der Waals surface area contributed by atoms with E-state index >= 15 is 0 Å². The standard InChI is InChI=1S/C18H14F3N3O3/c1-10-15(24-9-11(18(19,20)21)7-8-14(24)22-10)16(25)23-13-6-4-3-5-12(13)17(26)27-2/h3-9H,1-2H3,(H,23,25). The Labute approximate surface area is 151 Å². The van der Waals surface area contributed by atoms with E-state index in [-0.39, 0.29) is 28.3 Å². The second-order valence-electron chi connectivity index (χ2n) is 5.68. The third-order valence-corrected chi connectivity index (χ3v) is 3.92. The highest BCUT2D eigenvalue weighted by Gasteiger charge is 2.31. The molecule has 0 aliphatic heterocycles. The van der Waals surface area contributed by atoms with Gasteiger partial charge in [-0.25, -0.2) is 9.78 Å². The van der Waals surface area contributed by atoms with Crippen molar-refractivity contribution in [2.24, 2.45) is 0 Å². The van der Waals surface area contributed by atoms with Gasteiger partial charge in [-0.3, -0.25) is 9.20 Å². The molecule has 9 heteroatoms. The molecular weight excluding hydrogens is 363 g/mol. The van der Waals surface area contributed by atoms with Gasteiger partial charge in [0.2, 0.25) is 0 Å². The molecule has 0 unspecified atom stereocenters. The predicted molar refractivity (Wildman–Crippen MR) is 90.7 cm³/mol. The number of anilines is 1. The summed E-state index contributed by atoms with van der Waals surface area (Å²) < 4.78 is 44.7. The number of aryl methyl sites for hydroxylation is 1. The smallest absolute Gasteiger partial charge is 0.417 e. The number of aromatic nitrogens is 2. The van der Waals surface area contributed by atoms with Crippen molar-refractivity contribution in [1.29, 1.82) is 0 Å². The number of rotatable bonds is 3. The van der Waals surface area contributed by atoms with Crippen molar-refractivity contribution in [2.45, 2.75) is 13.1 Å². The Kier molecular flexibility index (Phi) is 4.61. The average molecular weight is 377 g/mol. The molecule has 1 N–H and O–H groups in total. The van der Waals surface area contributed by atoms with Gasteiger partial charge in [0.1, 0.15) is 11.3 Å². The minimum atomic E-state index is -4.56. The van der Waals surface area contributed by atoms with Crippen LogP contribution in [0.4, 0.5) is 18.9 Å². The Morgan fingerprint density at radius 1 is 1.15 bits per heavy atom. The van der Waals surface area contributed by atoms with Gasteiger partial charge in [0.05, 0.1) is 29.6 Å². The molecule has 0 fully saturated rings. The van der Waals surface area contributed by atoms with Crippen LogP contribution in [-0.2, 0) is 10.9 Å². The largest absolute Gasteiger partial charge is 0.465 e. The number of nitrogens with one attached hydrogen (secondary N) is 1. The number of halogens is 3. The molecule has 140 valence electrons. The van der Waals surface area contributed by atoms with Crippen molar-refractivity contribution < 1.29 is 27.5 Å². The number of para-hydroxylation sites is 1. The fourth-order valence-corrected chi connectivity index (χ4v) is 2.67. The fourth-order valence-electron chi connectivity index (χ4n) is 2.67. The second kappa shape index (κ2) is 6.75. The molecule has 0 bridgehead atoms. The number of imidazole rings is 1. The first-order chi connectivity index (χ1) is 12.7. The third-order valence-electron chi connectivity index (χ3n) is 3.92. The third kappa shape index (κ3) is 3.48. The number of ether oxygens (including phenoxy) is 1. The van der Waals surface area contributed by atoms with Gasteiger partial charge in [-0.15, -0.1) is 0 Å². The first-order valence-corrected chi connectivity index (χ1v) is 7.77. The lowest BCUT2D eigenvalue weighted by Crippen LogP contribution is -2.18. The molecule has 0 saturated carbocycles. The lowest BCUT2D eigenvalue weighted by molar-refractivity contribution is -0.137. The van der Waals surface area contributed by atoms with Gasteiger partial charge in [0.25, 0.3) is 5.91 Å². The molecule has 0 aliphatic carbocycles. The Balaban J connectivity index is 2.04. The van der Waals surface area contributed by atoms with Crippen LogP contribution in [0.5, 0.6) is 0 Å². The van der Waals surface area contributed by atoms with Gasteiger partial charge >= 0.3 is 12.1 Å². The molecule has 3 rings (SSSR count). The molecule has 0 atom stereocenters. The number of carbonyl (C=O) groups is 2. The maximum absolute atomic E-state index is 13.0. The molecule has 3 aromatic rings. The monoisotopic (exact) mass is 377 g/mol. The zero-order valence-corrected chi connectivity index (χ0v) is 14.3. The number of hydrogen-bond donors (Lipinski definition) is 1. The predicted octanol–water partition coefficient (Wildman–Crippen LogP) is 3.70. The molecule has 2 heterocycles. The lowest BCUT2D eigenvalue weighted by Gasteiger charge is -2.11. The van der Waals surface area contributed by atoms with Gasteiger partial charge < -0.3 is 10.1 Å². The van der Waals surface area contributed by atoms with Crippen molar-refractivity contribution in [3.8, 4) is 0 Å². The minimum absolute atomic E-state index is 0.0595. The highest BCUT2D eigenvalue weighted by Crippen LogP contribution is 2.30. The quantitative estimate of drug-likeness (QED) is 0.707. The second-order valence-corrected chi connectivity index (χ2v) is 5.68. The minimum Gasteiger partial charge on any atom is -0.465 e. The first-order valence-electron chi connectivity index (χ1n) is 7.77. The number of pyridine rings is 1. The summed E-state index contributed by atoms with van der Waals surface area (Å²) >= 11 is 0. The molecule has 1 aromatic carbocycles. The lowest BCUT2D eigenvalue weighted by atomic mass is 10.1. The number of benzene rings is 1. The molecule has 2 aromatic heterocycles. The van der Waals surface area contributed by atoms with E-state index in [1.165, 1.54) is 32.2 Å². The summed E-state index contributed by atoms with van der Waals surface area (Å²) in [6.45, 7) is 1.52. The van der Waals surface area contributed by atoms with Crippen LogP contribution in [0, 0.1) is 6.92 Å². The summed E-state index contributed by atoms with van der Waals surface area (Å²) in [5, 5.41) is 2.54. The Hall–Kier alpha value is -3.36. The van der Waals surface area contributed by atoms with Gasteiger partial charge in [-0.1, -0.05) is 12.1 Å². The van der Waals surface area contributed by atoms with Crippen LogP contribution in [-0.4, -0.2) is 28.4 Å². The number of methoxy groups -OCH3 is 1. The molecule has 0 aliphatic rings. The van der Waals surface area contributed by atoms with Gasteiger partial charge in [0, 0.05) is 6.20 Å². The SMILES string of the molecule is COC(=O)c1ccccc1NC(=O)c1c(C)nc2ccc(C(F)(F)F)cn12. The number of esters is 1. The Morgan fingerprint density at radius 2 is 1.85 bits per heavy atom. The van der Waals surface area contributed by atoms with Crippen LogP contribution in [0.25, 0.3) is 5.65 Å². The summed E-state index contributed by atoms with van der Waals surface area (Å²) in [5.74, 6) is -1.35. The van der Waals surface area contributed by atoms with Crippen molar-refractivity contribution in [1.82, 2.24) is 9.38 Å². The van der Waals surface area contributed by atoms with Crippen molar-refractivity contribution in [2.75, 3.05) is 12.4 Å². The zero-order chi connectivity index (χ0) is 19.8. The van der Waals surface area contributed by atoms with Crippen LogP contribution in [0.2, 0.25) is 0 Å². The van der Waals surface area contributed by atoms with Crippen LogP contribution < -0.4 is 5.32 Å². The summed E-state index contributed by atoms with van der Waals surface area (Å²) in [6.07, 6.45) is -3.74. The highest BCUT2D eigenvalue weighted by atomic mass is 19.4. The maximum Gasteiger partial charge on any atom is 0.417 e. The van der Waals surface area contributed by atoms with E-state index in [4.69, 9.17) is 0 Å². The van der Waals surface area contributed by atoms with Crippen LogP contribution >= 0.6 is 0 Å². The molecule has 0 spiro atoms. The molecule has 0 saturated heterocycles. The van der Waals surface area contributed by atoms with Gasteiger partial charge in [-0.05, 0) is 31.2 Å². The van der Waals surface area contributed by atoms with E-state index in [0.717, 1.165) is 16.7 Å². The molecule has 6 nitrogen and oxygen atoms in total. The average Bonchev–Trinajstić information content (AvgIpc) is 2.95. The Bertz CT molecular complexity index is 1040. The van der Waals surface area contributed by atoms with Gasteiger partial charge in [-0.2, -0.15) is 13.2 Å². The number of carbonyl (C=O) groups excluding carboxylic acids is 2.